The minimum atomic E-state index is 0.601. The Morgan fingerprint density at radius 2 is 0.604 bits per heavy atom. The van der Waals surface area contributed by atoms with Crippen LogP contribution in [-0.2, 0) is 0 Å². The van der Waals surface area contributed by atoms with Crippen LogP contribution in [0.2, 0.25) is 0 Å². The van der Waals surface area contributed by atoms with E-state index >= 15 is 0 Å². The summed E-state index contributed by atoms with van der Waals surface area (Å²) in [5, 5.41) is 0.786. The Bertz CT molecular complexity index is 2020. The minimum Gasteiger partial charge on any atom is -0.311 e. The molecule has 0 unspecified atom stereocenters. The number of hydrogen-bond acceptors (Lipinski definition) is 6. The summed E-state index contributed by atoms with van der Waals surface area (Å²) in [6, 6.07) is 58.1. The van der Waals surface area contributed by atoms with E-state index in [4.69, 9.17) is 9.97 Å². The van der Waals surface area contributed by atoms with E-state index < -0.39 is 0 Å². The zero-order chi connectivity index (χ0) is 32.1. The summed E-state index contributed by atoms with van der Waals surface area (Å²) < 4.78 is 0. The highest BCUT2D eigenvalue weighted by Crippen LogP contribution is 2.36. The molecule has 0 atom stereocenters. The van der Waals surface area contributed by atoms with Crippen molar-refractivity contribution in [1.82, 2.24) is 19.9 Å². The van der Waals surface area contributed by atoms with Crippen molar-refractivity contribution in [3.05, 3.63) is 182 Å². The van der Waals surface area contributed by atoms with Crippen LogP contribution in [0.3, 0.4) is 0 Å². The van der Waals surface area contributed by atoms with Gasteiger partial charge in [-0.15, -0.1) is 0 Å². The van der Waals surface area contributed by atoms with Gasteiger partial charge in [0.05, 0.1) is 5.39 Å². The van der Waals surface area contributed by atoms with Crippen LogP contribution in [0.1, 0.15) is 0 Å². The van der Waals surface area contributed by atoms with E-state index in [1.54, 1.807) is 12.4 Å². The van der Waals surface area contributed by atoms with E-state index in [1.165, 1.54) is 0 Å². The molecular weight excluding hydrogens is 589 g/mol. The number of rotatable bonds is 8. The Kier molecular flexibility index (Phi) is 7.79. The predicted octanol–water partition coefficient (Wildman–Crippen LogP) is 10.7. The summed E-state index contributed by atoms with van der Waals surface area (Å²) in [5.74, 6) is 1.22. The van der Waals surface area contributed by atoms with Gasteiger partial charge in [-0.3, -0.25) is 0 Å². The van der Waals surface area contributed by atoms with Crippen molar-refractivity contribution in [2.45, 2.75) is 0 Å². The number of anilines is 6. The predicted molar refractivity (Wildman–Crippen MR) is 195 cm³/mol. The Morgan fingerprint density at radius 3 is 0.917 bits per heavy atom. The molecule has 2 heterocycles. The van der Waals surface area contributed by atoms with Gasteiger partial charge in [-0.1, -0.05) is 72.8 Å². The molecule has 0 bridgehead atoms. The summed E-state index contributed by atoms with van der Waals surface area (Å²) >= 11 is 0. The molecule has 0 saturated heterocycles. The fourth-order valence-electron chi connectivity index (χ4n) is 5.82. The highest BCUT2D eigenvalue weighted by molar-refractivity contribution is 5.81. The second-order valence-corrected chi connectivity index (χ2v) is 11.3. The first-order chi connectivity index (χ1) is 23.8. The van der Waals surface area contributed by atoms with E-state index in [0.717, 1.165) is 50.6 Å². The standard InChI is InChI=1S/C42H30N6/c1-5-13-34(14-6-1)47(35-15-7-2-8-16-35)38-25-21-31(22-26-38)40-43-29-33-30-44-41(46-42(33)45-40)32-23-27-39(28-24-32)48(36-17-9-3-10-18-36)37-19-11-4-12-20-37/h1-30H. The molecule has 2 aromatic heterocycles. The zero-order valence-corrected chi connectivity index (χ0v) is 26.0. The van der Waals surface area contributed by atoms with Gasteiger partial charge in [0, 0.05) is 57.6 Å². The molecular formula is C42H30N6. The van der Waals surface area contributed by atoms with Crippen molar-refractivity contribution in [2.24, 2.45) is 0 Å². The van der Waals surface area contributed by atoms with Crippen LogP contribution in [0, 0.1) is 0 Å². The molecule has 0 N–H and O–H groups in total. The molecule has 6 nitrogen and oxygen atoms in total. The zero-order valence-electron chi connectivity index (χ0n) is 26.0. The van der Waals surface area contributed by atoms with Gasteiger partial charge in [-0.25, -0.2) is 19.9 Å². The molecule has 0 aliphatic rings. The highest BCUT2D eigenvalue weighted by atomic mass is 15.1. The monoisotopic (exact) mass is 618 g/mol. The summed E-state index contributed by atoms with van der Waals surface area (Å²) in [6.07, 6.45) is 3.58. The van der Waals surface area contributed by atoms with Crippen LogP contribution in [-0.4, -0.2) is 19.9 Å². The average molecular weight is 619 g/mol. The molecule has 0 aliphatic heterocycles. The maximum absolute atomic E-state index is 4.86. The normalized spacial score (nSPS) is 10.9. The Labute approximate surface area is 279 Å². The molecule has 0 spiro atoms. The van der Waals surface area contributed by atoms with Crippen LogP contribution < -0.4 is 9.80 Å². The van der Waals surface area contributed by atoms with E-state index in [-0.39, 0.29) is 0 Å². The van der Waals surface area contributed by atoms with Crippen molar-refractivity contribution in [3.63, 3.8) is 0 Å². The molecule has 0 amide bonds. The van der Waals surface area contributed by atoms with Crippen LogP contribution >= 0.6 is 0 Å². The molecule has 6 aromatic carbocycles. The van der Waals surface area contributed by atoms with Gasteiger partial charge in [0.15, 0.2) is 17.3 Å². The van der Waals surface area contributed by atoms with Gasteiger partial charge in [-0.05, 0) is 97.1 Å². The second-order valence-electron chi connectivity index (χ2n) is 11.3. The van der Waals surface area contributed by atoms with Crippen LogP contribution in [0.5, 0.6) is 0 Å². The third-order valence-electron chi connectivity index (χ3n) is 8.16. The van der Waals surface area contributed by atoms with Crippen molar-refractivity contribution in [1.29, 1.82) is 0 Å². The van der Waals surface area contributed by atoms with E-state index in [0.29, 0.717) is 17.3 Å². The van der Waals surface area contributed by atoms with E-state index in [9.17, 15) is 0 Å². The van der Waals surface area contributed by atoms with E-state index in [2.05, 4.69) is 165 Å². The largest absolute Gasteiger partial charge is 0.311 e. The van der Waals surface area contributed by atoms with Crippen molar-refractivity contribution < 1.29 is 0 Å². The van der Waals surface area contributed by atoms with E-state index in [1.807, 2.05) is 24.3 Å². The number of benzene rings is 6. The number of para-hydroxylation sites is 4. The number of fused-ring (bicyclic) bond motifs is 1. The molecule has 8 aromatic rings. The first-order valence-corrected chi connectivity index (χ1v) is 15.8. The topological polar surface area (TPSA) is 58.0 Å². The third-order valence-corrected chi connectivity index (χ3v) is 8.16. The smallest absolute Gasteiger partial charge is 0.167 e. The maximum atomic E-state index is 4.86. The first-order valence-electron chi connectivity index (χ1n) is 15.8. The summed E-state index contributed by atoms with van der Waals surface area (Å²) in [4.78, 5) is 23.5. The molecule has 0 saturated carbocycles. The van der Waals surface area contributed by atoms with Gasteiger partial charge in [-0.2, -0.15) is 0 Å². The van der Waals surface area contributed by atoms with Crippen molar-refractivity contribution in [3.8, 4) is 22.8 Å². The summed E-state index contributed by atoms with van der Waals surface area (Å²) in [7, 11) is 0. The molecule has 0 radical (unpaired) electrons. The molecule has 48 heavy (non-hydrogen) atoms. The number of hydrogen-bond donors (Lipinski definition) is 0. The number of nitrogens with zero attached hydrogens (tertiary/aromatic N) is 6. The highest BCUT2D eigenvalue weighted by Gasteiger charge is 2.15. The second kappa shape index (κ2) is 13.0. The van der Waals surface area contributed by atoms with Gasteiger partial charge < -0.3 is 9.80 Å². The van der Waals surface area contributed by atoms with Crippen LogP contribution in [0.4, 0.5) is 34.1 Å². The van der Waals surface area contributed by atoms with Gasteiger partial charge >= 0.3 is 0 Å². The fraction of sp³-hybridized carbons (Fsp3) is 0. The lowest BCUT2D eigenvalue weighted by Gasteiger charge is -2.25. The Hall–Kier alpha value is -6.66. The third kappa shape index (κ3) is 5.86. The average Bonchev–Trinajstić information content (AvgIpc) is 3.17. The molecule has 8 rings (SSSR count). The Morgan fingerprint density at radius 1 is 0.312 bits per heavy atom. The fourth-order valence-corrected chi connectivity index (χ4v) is 5.82. The Balaban J connectivity index is 1.09. The van der Waals surface area contributed by atoms with Gasteiger partial charge in [0.2, 0.25) is 0 Å². The SMILES string of the molecule is c1ccc(N(c2ccccc2)c2ccc(-c3ncc4cnc(-c5ccc(N(c6ccccc6)c6ccccc6)cc5)nc4n3)cc2)cc1. The maximum Gasteiger partial charge on any atom is 0.167 e. The van der Waals surface area contributed by atoms with Crippen LogP contribution in [0.25, 0.3) is 33.8 Å². The first kappa shape index (κ1) is 28.8. The number of aromatic nitrogens is 4. The molecule has 0 aliphatic carbocycles. The quantitative estimate of drug-likeness (QED) is 0.169. The lowest BCUT2D eigenvalue weighted by molar-refractivity contribution is 1.14. The summed E-state index contributed by atoms with van der Waals surface area (Å²) in [6.45, 7) is 0. The lowest BCUT2D eigenvalue weighted by atomic mass is 10.1. The molecule has 6 heteroatoms. The van der Waals surface area contributed by atoms with Gasteiger partial charge in [0.25, 0.3) is 0 Å². The lowest BCUT2D eigenvalue weighted by Crippen LogP contribution is -2.09. The molecule has 0 fully saturated rings. The van der Waals surface area contributed by atoms with Crippen molar-refractivity contribution in [2.75, 3.05) is 9.80 Å². The summed E-state index contributed by atoms with van der Waals surface area (Å²) in [5.41, 5.74) is 8.86. The van der Waals surface area contributed by atoms with Gasteiger partial charge in [0.1, 0.15) is 0 Å². The van der Waals surface area contributed by atoms with Crippen molar-refractivity contribution >= 4 is 45.2 Å². The molecule has 228 valence electrons. The van der Waals surface area contributed by atoms with Crippen LogP contribution in [0.15, 0.2) is 182 Å². The minimum absolute atomic E-state index is 0.601.